The first-order valence-electron chi connectivity index (χ1n) is 7.33. The zero-order chi connectivity index (χ0) is 12.4. The molecule has 0 bridgehead atoms. The molecule has 98 valence electrons. The molecule has 1 saturated carbocycles. The van der Waals surface area contributed by atoms with Crippen LogP contribution in [0.4, 0.5) is 0 Å². The van der Waals surface area contributed by atoms with Crippen LogP contribution in [0.15, 0.2) is 30.3 Å². The third kappa shape index (κ3) is 3.12. The smallest absolute Gasteiger partial charge is 0.0233 e. The summed E-state index contributed by atoms with van der Waals surface area (Å²) in [6.45, 7) is 5.99. The lowest BCUT2D eigenvalue weighted by Crippen LogP contribution is -2.48. The molecule has 2 nitrogen and oxygen atoms in total. The van der Waals surface area contributed by atoms with Crippen LogP contribution >= 0.6 is 0 Å². The molecule has 18 heavy (non-hydrogen) atoms. The van der Waals surface area contributed by atoms with Crippen LogP contribution < -0.4 is 5.32 Å². The first-order chi connectivity index (χ1) is 8.81. The second-order valence-corrected chi connectivity index (χ2v) is 6.03. The van der Waals surface area contributed by atoms with E-state index in [4.69, 9.17) is 0 Å². The normalized spacial score (nSPS) is 29.4. The van der Waals surface area contributed by atoms with Gasteiger partial charge in [-0.2, -0.15) is 0 Å². The molecule has 1 aromatic rings. The van der Waals surface area contributed by atoms with Crippen molar-refractivity contribution in [2.24, 2.45) is 5.92 Å². The van der Waals surface area contributed by atoms with Crippen LogP contribution in [0, 0.1) is 5.92 Å². The van der Waals surface area contributed by atoms with Gasteiger partial charge in [-0.3, -0.25) is 4.90 Å². The molecule has 2 heteroatoms. The fourth-order valence-corrected chi connectivity index (χ4v) is 3.02. The number of piperidine rings is 1. The molecule has 1 aliphatic heterocycles. The van der Waals surface area contributed by atoms with Gasteiger partial charge in [-0.05, 0) is 37.3 Å². The average Bonchev–Trinajstić information content (AvgIpc) is 3.18. The predicted molar refractivity (Wildman–Crippen MR) is 75.4 cm³/mol. The Morgan fingerprint density at radius 1 is 1.17 bits per heavy atom. The Morgan fingerprint density at radius 2 is 1.94 bits per heavy atom. The molecule has 0 aromatic heterocycles. The van der Waals surface area contributed by atoms with Crippen molar-refractivity contribution in [3.63, 3.8) is 0 Å². The summed E-state index contributed by atoms with van der Waals surface area (Å²) in [6.07, 6.45) is 4.11. The molecule has 1 heterocycles. The topological polar surface area (TPSA) is 15.3 Å². The first-order valence-corrected chi connectivity index (χ1v) is 7.33. The minimum absolute atomic E-state index is 0.754. The zero-order valence-corrected chi connectivity index (χ0v) is 11.3. The molecular formula is C16H24N2. The maximum absolute atomic E-state index is 3.80. The van der Waals surface area contributed by atoms with Gasteiger partial charge in [0.05, 0.1) is 0 Å². The van der Waals surface area contributed by atoms with E-state index < -0.39 is 0 Å². The van der Waals surface area contributed by atoms with E-state index >= 15 is 0 Å². The lowest BCUT2D eigenvalue weighted by atomic mass is 9.93. The molecule has 2 aliphatic rings. The van der Waals surface area contributed by atoms with Crippen LogP contribution in [-0.2, 0) is 6.54 Å². The number of hydrogen-bond donors (Lipinski definition) is 1. The fraction of sp³-hybridized carbons (Fsp3) is 0.625. The van der Waals surface area contributed by atoms with Gasteiger partial charge in [0.1, 0.15) is 0 Å². The fourth-order valence-electron chi connectivity index (χ4n) is 3.02. The highest BCUT2D eigenvalue weighted by Gasteiger charge is 2.31. The predicted octanol–water partition coefficient (Wildman–Crippen LogP) is 2.65. The number of rotatable bonds is 4. The van der Waals surface area contributed by atoms with Crippen molar-refractivity contribution in [1.29, 1.82) is 0 Å². The number of nitrogens with zero attached hydrogens (tertiary/aromatic N) is 1. The highest BCUT2D eigenvalue weighted by molar-refractivity contribution is 5.14. The van der Waals surface area contributed by atoms with E-state index in [1.807, 2.05) is 0 Å². The molecule has 2 atom stereocenters. The minimum atomic E-state index is 0.754. The molecule has 0 spiro atoms. The number of likely N-dealkylation sites (tertiary alicyclic amines) is 1. The highest BCUT2D eigenvalue weighted by atomic mass is 15.2. The van der Waals surface area contributed by atoms with Gasteiger partial charge < -0.3 is 5.32 Å². The van der Waals surface area contributed by atoms with Crippen LogP contribution in [-0.4, -0.2) is 30.1 Å². The van der Waals surface area contributed by atoms with Gasteiger partial charge in [-0.15, -0.1) is 0 Å². The van der Waals surface area contributed by atoms with Crippen molar-refractivity contribution in [3.8, 4) is 0 Å². The summed E-state index contributed by atoms with van der Waals surface area (Å²) in [7, 11) is 0. The maximum atomic E-state index is 3.80. The average molecular weight is 244 g/mol. The Labute approximate surface area is 110 Å². The molecule has 1 aliphatic carbocycles. The summed E-state index contributed by atoms with van der Waals surface area (Å²) in [5.41, 5.74) is 1.44. The summed E-state index contributed by atoms with van der Waals surface area (Å²) in [5, 5.41) is 3.80. The standard InChI is InChI=1S/C16H24N2/c1-13-11-18(12-14-5-3-2-4-6-14)10-9-16(13)17-15-7-8-15/h2-6,13,15-17H,7-12H2,1H3. The van der Waals surface area contributed by atoms with Crippen LogP contribution in [0.1, 0.15) is 31.7 Å². The van der Waals surface area contributed by atoms with Gasteiger partial charge in [0.25, 0.3) is 0 Å². The summed E-state index contributed by atoms with van der Waals surface area (Å²) < 4.78 is 0. The number of benzene rings is 1. The van der Waals surface area contributed by atoms with Crippen molar-refractivity contribution in [1.82, 2.24) is 10.2 Å². The second kappa shape index (κ2) is 5.41. The summed E-state index contributed by atoms with van der Waals surface area (Å²) in [4.78, 5) is 2.60. The Bertz CT molecular complexity index is 372. The Kier molecular flexibility index (Phi) is 3.67. The molecule has 1 N–H and O–H groups in total. The largest absolute Gasteiger partial charge is 0.311 e. The van der Waals surface area contributed by atoms with E-state index in [9.17, 15) is 0 Å². The SMILES string of the molecule is CC1CN(Cc2ccccc2)CCC1NC1CC1. The van der Waals surface area contributed by atoms with Crippen LogP contribution in [0.2, 0.25) is 0 Å². The van der Waals surface area contributed by atoms with E-state index in [-0.39, 0.29) is 0 Å². The second-order valence-electron chi connectivity index (χ2n) is 6.03. The lowest BCUT2D eigenvalue weighted by Gasteiger charge is -2.37. The van der Waals surface area contributed by atoms with Crippen LogP contribution in [0.5, 0.6) is 0 Å². The van der Waals surface area contributed by atoms with Crippen molar-refractivity contribution < 1.29 is 0 Å². The first kappa shape index (κ1) is 12.2. The molecule has 2 fully saturated rings. The Morgan fingerprint density at radius 3 is 2.61 bits per heavy atom. The summed E-state index contributed by atoms with van der Waals surface area (Å²) in [5.74, 6) is 0.781. The third-order valence-corrected chi connectivity index (χ3v) is 4.27. The third-order valence-electron chi connectivity index (χ3n) is 4.27. The monoisotopic (exact) mass is 244 g/mol. The van der Waals surface area contributed by atoms with Crippen molar-refractivity contribution in [2.45, 2.75) is 44.8 Å². The van der Waals surface area contributed by atoms with Crippen LogP contribution in [0.3, 0.4) is 0 Å². The zero-order valence-electron chi connectivity index (χ0n) is 11.3. The minimum Gasteiger partial charge on any atom is -0.311 e. The highest BCUT2D eigenvalue weighted by Crippen LogP contribution is 2.25. The van der Waals surface area contributed by atoms with Crippen molar-refractivity contribution in [3.05, 3.63) is 35.9 Å². The maximum Gasteiger partial charge on any atom is 0.0233 e. The lowest BCUT2D eigenvalue weighted by molar-refractivity contribution is 0.140. The number of hydrogen-bond acceptors (Lipinski definition) is 2. The van der Waals surface area contributed by atoms with Gasteiger partial charge in [-0.1, -0.05) is 37.3 Å². The van der Waals surface area contributed by atoms with E-state index in [0.717, 1.165) is 24.5 Å². The van der Waals surface area contributed by atoms with Gasteiger partial charge in [0, 0.05) is 25.2 Å². The Balaban J connectivity index is 1.51. The molecule has 0 radical (unpaired) electrons. The van der Waals surface area contributed by atoms with Gasteiger partial charge >= 0.3 is 0 Å². The quantitative estimate of drug-likeness (QED) is 0.876. The van der Waals surface area contributed by atoms with Gasteiger partial charge in [-0.25, -0.2) is 0 Å². The summed E-state index contributed by atoms with van der Waals surface area (Å²) >= 11 is 0. The van der Waals surface area contributed by atoms with E-state index in [2.05, 4.69) is 47.5 Å². The molecule has 1 aromatic carbocycles. The molecule has 0 amide bonds. The molecule has 3 rings (SSSR count). The van der Waals surface area contributed by atoms with E-state index in [0.29, 0.717) is 0 Å². The molecular weight excluding hydrogens is 220 g/mol. The van der Waals surface area contributed by atoms with Gasteiger partial charge in [0.15, 0.2) is 0 Å². The summed E-state index contributed by atoms with van der Waals surface area (Å²) in [6, 6.07) is 12.4. The Hall–Kier alpha value is -0.860. The molecule has 2 unspecified atom stereocenters. The van der Waals surface area contributed by atoms with Crippen molar-refractivity contribution in [2.75, 3.05) is 13.1 Å². The van der Waals surface area contributed by atoms with Gasteiger partial charge in [0.2, 0.25) is 0 Å². The van der Waals surface area contributed by atoms with Crippen molar-refractivity contribution >= 4 is 0 Å². The van der Waals surface area contributed by atoms with Crippen LogP contribution in [0.25, 0.3) is 0 Å². The number of nitrogens with one attached hydrogen (secondary N) is 1. The molecule has 1 saturated heterocycles. The van der Waals surface area contributed by atoms with E-state index in [1.165, 1.54) is 37.9 Å². The van der Waals surface area contributed by atoms with E-state index in [1.54, 1.807) is 0 Å².